The smallest absolute Gasteiger partial charge is 0.416 e. The number of benzene rings is 2. The van der Waals surface area contributed by atoms with Gasteiger partial charge in [0.1, 0.15) is 5.82 Å². The van der Waals surface area contributed by atoms with Crippen LogP contribution in [0, 0.1) is 11.7 Å². The molecule has 1 unspecified atom stereocenters. The van der Waals surface area contributed by atoms with Crippen LogP contribution in [0.3, 0.4) is 0 Å². The number of hydrogen-bond donors (Lipinski definition) is 2. The summed E-state index contributed by atoms with van der Waals surface area (Å²) in [6.45, 7) is 0.223. The monoisotopic (exact) mass is 422 g/mol. The molecule has 160 valence electrons. The van der Waals surface area contributed by atoms with Gasteiger partial charge in [-0.15, -0.1) is 0 Å². The third-order valence-electron chi connectivity index (χ3n) is 6.02. The van der Waals surface area contributed by atoms with Crippen molar-refractivity contribution in [1.29, 1.82) is 0 Å². The van der Waals surface area contributed by atoms with E-state index in [1.165, 1.54) is 24.3 Å². The molecule has 1 amide bonds. The molecule has 2 heterocycles. The first-order valence-electron chi connectivity index (χ1n) is 9.94. The van der Waals surface area contributed by atoms with Crippen molar-refractivity contribution in [2.45, 2.75) is 43.9 Å². The maximum atomic E-state index is 14.0. The van der Waals surface area contributed by atoms with Crippen molar-refractivity contribution in [3.63, 3.8) is 0 Å². The molecule has 2 fully saturated rings. The number of nitrogens with zero attached hydrogens (tertiary/aromatic N) is 1. The van der Waals surface area contributed by atoms with Gasteiger partial charge in [0.2, 0.25) is 0 Å². The van der Waals surface area contributed by atoms with Crippen LogP contribution in [0.2, 0.25) is 0 Å². The molecule has 2 aromatic rings. The Morgan fingerprint density at radius 3 is 2.27 bits per heavy atom. The van der Waals surface area contributed by atoms with Crippen molar-refractivity contribution < 1.29 is 27.5 Å². The molecule has 4 rings (SSSR count). The third-order valence-corrected chi connectivity index (χ3v) is 6.02. The fourth-order valence-electron chi connectivity index (χ4n) is 4.67. The van der Waals surface area contributed by atoms with E-state index in [9.17, 15) is 27.5 Å². The molecule has 2 bridgehead atoms. The summed E-state index contributed by atoms with van der Waals surface area (Å²) >= 11 is 0. The first-order valence-corrected chi connectivity index (χ1v) is 9.94. The van der Waals surface area contributed by atoms with Crippen LogP contribution in [0.1, 0.15) is 31.2 Å². The summed E-state index contributed by atoms with van der Waals surface area (Å²) in [4.78, 5) is 13.2. The Labute approximate surface area is 171 Å². The number of hydrogen-bond acceptors (Lipinski definition) is 2. The number of amides is 1. The zero-order chi connectivity index (χ0) is 21.5. The largest absolute Gasteiger partial charge is 0.465 e. The second-order valence-corrected chi connectivity index (χ2v) is 8.11. The fourth-order valence-corrected chi connectivity index (χ4v) is 4.67. The van der Waals surface area contributed by atoms with Crippen molar-refractivity contribution in [3.8, 4) is 11.1 Å². The lowest BCUT2D eigenvalue weighted by atomic mass is 9.91. The van der Waals surface area contributed by atoms with Gasteiger partial charge >= 0.3 is 12.3 Å². The molecule has 0 radical (unpaired) electrons. The number of carbonyl (C=O) groups is 1. The maximum absolute atomic E-state index is 14.0. The lowest BCUT2D eigenvalue weighted by molar-refractivity contribution is -0.137. The van der Waals surface area contributed by atoms with Crippen LogP contribution in [-0.2, 0) is 6.18 Å². The SMILES string of the molecule is O=C(O)N(CC1C[C@H]2CC[C@@H](C1)N2)c1cc(F)ccc1-c1ccc(C(F)(F)F)cc1. The Balaban J connectivity index is 1.66. The van der Waals surface area contributed by atoms with Gasteiger partial charge in [0, 0.05) is 24.2 Å². The molecule has 2 aliphatic heterocycles. The highest BCUT2D eigenvalue weighted by atomic mass is 19.4. The minimum Gasteiger partial charge on any atom is -0.465 e. The second-order valence-electron chi connectivity index (χ2n) is 8.11. The zero-order valence-corrected chi connectivity index (χ0v) is 16.1. The highest BCUT2D eigenvalue weighted by Crippen LogP contribution is 2.37. The molecule has 0 aliphatic carbocycles. The third kappa shape index (κ3) is 4.28. The summed E-state index contributed by atoms with van der Waals surface area (Å²) in [6, 6.07) is 8.94. The van der Waals surface area contributed by atoms with Gasteiger partial charge in [0.25, 0.3) is 0 Å². The Kier molecular flexibility index (Phi) is 5.44. The molecule has 2 aliphatic rings. The number of alkyl halides is 3. The lowest BCUT2D eigenvalue weighted by Gasteiger charge is -2.33. The molecule has 4 nitrogen and oxygen atoms in total. The van der Waals surface area contributed by atoms with E-state index in [4.69, 9.17) is 0 Å². The number of piperidine rings is 1. The fraction of sp³-hybridized carbons (Fsp3) is 0.409. The Morgan fingerprint density at radius 1 is 1.07 bits per heavy atom. The molecule has 3 atom stereocenters. The van der Waals surface area contributed by atoms with Crippen LogP contribution >= 0.6 is 0 Å². The average molecular weight is 422 g/mol. The molecule has 2 saturated heterocycles. The minimum absolute atomic E-state index is 0.142. The lowest BCUT2D eigenvalue weighted by Crippen LogP contribution is -2.43. The van der Waals surface area contributed by atoms with E-state index in [0.29, 0.717) is 23.2 Å². The zero-order valence-electron chi connectivity index (χ0n) is 16.1. The van der Waals surface area contributed by atoms with Gasteiger partial charge < -0.3 is 10.4 Å². The Hall–Kier alpha value is -2.61. The van der Waals surface area contributed by atoms with Crippen molar-refractivity contribution in [1.82, 2.24) is 5.32 Å². The summed E-state index contributed by atoms with van der Waals surface area (Å²) in [5, 5.41) is 13.4. The van der Waals surface area contributed by atoms with Crippen LogP contribution in [0.15, 0.2) is 42.5 Å². The number of rotatable bonds is 4. The van der Waals surface area contributed by atoms with Crippen molar-refractivity contribution in [2.24, 2.45) is 5.92 Å². The highest BCUT2D eigenvalue weighted by Gasteiger charge is 2.35. The van der Waals surface area contributed by atoms with Crippen LogP contribution in [0.25, 0.3) is 11.1 Å². The van der Waals surface area contributed by atoms with Crippen molar-refractivity contribution in [3.05, 3.63) is 53.8 Å². The molecule has 0 spiro atoms. The normalized spacial score (nSPS) is 23.4. The first-order chi connectivity index (χ1) is 14.2. The van der Waals surface area contributed by atoms with Crippen LogP contribution in [-0.4, -0.2) is 29.8 Å². The number of nitrogens with one attached hydrogen (secondary N) is 1. The summed E-state index contributed by atoms with van der Waals surface area (Å²) in [5.74, 6) is -0.458. The van der Waals surface area contributed by atoms with E-state index in [2.05, 4.69) is 5.32 Å². The summed E-state index contributed by atoms with van der Waals surface area (Å²) in [7, 11) is 0. The van der Waals surface area contributed by atoms with Gasteiger partial charge in [-0.05, 0) is 67.5 Å². The predicted octanol–water partition coefficient (Wildman–Crippen LogP) is 5.53. The molecule has 8 heteroatoms. The van der Waals surface area contributed by atoms with Gasteiger partial charge in [-0.25, -0.2) is 9.18 Å². The molecule has 2 N–H and O–H groups in total. The molecule has 2 aromatic carbocycles. The average Bonchev–Trinajstić information content (AvgIpc) is 3.03. The number of carboxylic acid groups (broad SMARTS) is 1. The summed E-state index contributed by atoms with van der Waals surface area (Å²) in [5.41, 5.74) is 0.127. The van der Waals surface area contributed by atoms with Crippen molar-refractivity contribution >= 4 is 11.8 Å². The first kappa shape index (κ1) is 20.7. The molecule has 0 saturated carbocycles. The number of fused-ring (bicyclic) bond motifs is 2. The van der Waals surface area contributed by atoms with Crippen LogP contribution in [0.5, 0.6) is 0 Å². The van der Waals surface area contributed by atoms with E-state index in [1.807, 2.05) is 0 Å². The van der Waals surface area contributed by atoms with Gasteiger partial charge in [-0.1, -0.05) is 12.1 Å². The van der Waals surface area contributed by atoms with Crippen LogP contribution < -0.4 is 10.2 Å². The Morgan fingerprint density at radius 2 is 1.70 bits per heavy atom. The van der Waals surface area contributed by atoms with Crippen LogP contribution in [0.4, 0.5) is 28.0 Å². The van der Waals surface area contributed by atoms with E-state index < -0.39 is 23.7 Å². The predicted molar refractivity (Wildman–Crippen MR) is 105 cm³/mol. The molecular weight excluding hydrogens is 400 g/mol. The molecule has 30 heavy (non-hydrogen) atoms. The summed E-state index contributed by atoms with van der Waals surface area (Å²) in [6.07, 6.45) is -1.82. The number of anilines is 1. The van der Waals surface area contributed by atoms with Gasteiger partial charge in [-0.2, -0.15) is 13.2 Å². The van der Waals surface area contributed by atoms with Gasteiger partial charge in [-0.3, -0.25) is 4.90 Å². The minimum atomic E-state index is -4.47. The van der Waals surface area contributed by atoms with E-state index in [0.717, 1.165) is 48.8 Å². The van der Waals surface area contributed by atoms with Gasteiger partial charge in [0.15, 0.2) is 0 Å². The van der Waals surface area contributed by atoms with Crippen molar-refractivity contribution in [2.75, 3.05) is 11.4 Å². The quantitative estimate of drug-likeness (QED) is 0.638. The topological polar surface area (TPSA) is 52.6 Å². The standard InChI is InChI=1S/C22H22F4N2O2/c23-16-5-8-19(14-1-3-15(4-2-14)22(24,25)26)20(11-16)28(21(29)30)12-13-9-17-6-7-18(10-13)27-17/h1-5,8,11,13,17-18,27H,6-7,9-10,12H2,(H,29,30)/t13?,17-,18+. The van der Waals surface area contributed by atoms with Gasteiger partial charge in [0.05, 0.1) is 11.3 Å². The molecule has 0 aromatic heterocycles. The van der Waals surface area contributed by atoms with E-state index >= 15 is 0 Å². The Bertz CT molecular complexity index is 918. The highest BCUT2D eigenvalue weighted by molar-refractivity contribution is 5.93. The van der Waals surface area contributed by atoms with E-state index in [1.54, 1.807) is 0 Å². The maximum Gasteiger partial charge on any atom is 0.416 e. The van der Waals surface area contributed by atoms with E-state index in [-0.39, 0.29) is 18.2 Å². The second kappa shape index (κ2) is 7.91. The summed E-state index contributed by atoms with van der Waals surface area (Å²) < 4.78 is 52.7. The number of halogens is 4. The molecular formula is C22H22F4N2O2.